The maximum atomic E-state index is 13.7. The summed E-state index contributed by atoms with van der Waals surface area (Å²) in [4.78, 5) is 0.511. The largest absolute Gasteiger partial charge is 0.398 e. The number of nitrogen functional groups attached to an aromatic ring is 1. The molecule has 0 saturated heterocycles. The molecule has 0 amide bonds. The average molecular weight is 407 g/mol. The van der Waals surface area contributed by atoms with Gasteiger partial charge in [0.15, 0.2) is 0 Å². The highest BCUT2D eigenvalue weighted by atomic mass is 79.9. The SMILES string of the molecule is Nc1ccc(Br)cc1S(=O)Cc1ccc(Br)cc1F. The highest BCUT2D eigenvalue weighted by Crippen LogP contribution is 2.25. The van der Waals surface area contributed by atoms with Crippen molar-refractivity contribution in [2.75, 3.05) is 5.73 Å². The van der Waals surface area contributed by atoms with E-state index in [-0.39, 0.29) is 11.6 Å². The summed E-state index contributed by atoms with van der Waals surface area (Å²) in [5, 5.41) is 0. The minimum Gasteiger partial charge on any atom is -0.398 e. The second-order valence-electron chi connectivity index (χ2n) is 3.91. The summed E-state index contributed by atoms with van der Waals surface area (Å²) in [5.74, 6) is -0.281. The van der Waals surface area contributed by atoms with Crippen molar-refractivity contribution in [3.8, 4) is 0 Å². The predicted molar refractivity (Wildman–Crippen MR) is 82.8 cm³/mol. The molecule has 0 saturated carbocycles. The van der Waals surface area contributed by atoms with Gasteiger partial charge in [-0.25, -0.2) is 4.39 Å². The first-order valence-electron chi connectivity index (χ1n) is 5.34. The van der Waals surface area contributed by atoms with Gasteiger partial charge in [0.1, 0.15) is 5.82 Å². The summed E-state index contributed by atoms with van der Waals surface area (Å²) in [6.45, 7) is 0. The third-order valence-electron chi connectivity index (χ3n) is 2.52. The Balaban J connectivity index is 2.28. The molecule has 2 rings (SSSR count). The van der Waals surface area contributed by atoms with Gasteiger partial charge in [0.2, 0.25) is 0 Å². The molecular weight excluding hydrogens is 397 g/mol. The highest BCUT2D eigenvalue weighted by Gasteiger charge is 2.12. The van der Waals surface area contributed by atoms with E-state index in [1.165, 1.54) is 6.07 Å². The van der Waals surface area contributed by atoms with Gasteiger partial charge in [0, 0.05) is 20.2 Å². The molecule has 0 aliphatic heterocycles. The fourth-order valence-corrected chi connectivity index (χ4v) is 3.67. The first-order chi connectivity index (χ1) is 8.97. The average Bonchev–Trinajstić information content (AvgIpc) is 2.35. The lowest BCUT2D eigenvalue weighted by Crippen LogP contribution is -2.02. The van der Waals surface area contributed by atoms with Crippen LogP contribution in [0.1, 0.15) is 5.56 Å². The molecule has 0 aromatic heterocycles. The van der Waals surface area contributed by atoms with Crippen molar-refractivity contribution >= 4 is 48.3 Å². The maximum absolute atomic E-state index is 13.7. The Morgan fingerprint density at radius 2 is 1.74 bits per heavy atom. The monoisotopic (exact) mass is 405 g/mol. The Kier molecular flexibility index (Phi) is 4.76. The molecule has 2 N–H and O–H groups in total. The Morgan fingerprint density at radius 1 is 1.11 bits per heavy atom. The van der Waals surface area contributed by atoms with E-state index in [1.807, 2.05) is 0 Å². The minimum absolute atomic E-state index is 0.0970. The van der Waals surface area contributed by atoms with Gasteiger partial charge < -0.3 is 5.73 Å². The third-order valence-corrected chi connectivity index (χ3v) is 4.93. The van der Waals surface area contributed by atoms with Gasteiger partial charge in [-0.15, -0.1) is 0 Å². The van der Waals surface area contributed by atoms with E-state index >= 15 is 0 Å². The molecule has 1 unspecified atom stereocenters. The van der Waals surface area contributed by atoms with Crippen molar-refractivity contribution < 1.29 is 8.60 Å². The number of nitrogens with two attached hydrogens (primary N) is 1. The number of anilines is 1. The third kappa shape index (κ3) is 3.64. The molecule has 0 radical (unpaired) electrons. The second kappa shape index (κ2) is 6.15. The highest BCUT2D eigenvalue weighted by molar-refractivity contribution is 9.10. The van der Waals surface area contributed by atoms with Gasteiger partial charge in [-0.1, -0.05) is 37.9 Å². The topological polar surface area (TPSA) is 43.1 Å². The van der Waals surface area contributed by atoms with Crippen LogP contribution in [0, 0.1) is 5.82 Å². The Bertz CT molecular complexity index is 649. The number of halogens is 3. The lowest BCUT2D eigenvalue weighted by Gasteiger charge is -2.07. The van der Waals surface area contributed by atoms with Crippen LogP contribution < -0.4 is 5.73 Å². The van der Waals surface area contributed by atoms with Crippen LogP contribution in [0.3, 0.4) is 0 Å². The maximum Gasteiger partial charge on any atom is 0.128 e. The molecule has 2 aromatic carbocycles. The zero-order chi connectivity index (χ0) is 14.0. The molecule has 19 heavy (non-hydrogen) atoms. The van der Waals surface area contributed by atoms with E-state index in [1.54, 1.807) is 30.3 Å². The second-order valence-corrected chi connectivity index (χ2v) is 7.16. The number of hydrogen-bond donors (Lipinski definition) is 1. The summed E-state index contributed by atoms with van der Waals surface area (Å²) in [6.07, 6.45) is 0. The Labute approximate surface area is 129 Å². The fraction of sp³-hybridized carbons (Fsp3) is 0.0769. The van der Waals surface area contributed by atoms with Crippen LogP contribution in [0.2, 0.25) is 0 Å². The predicted octanol–water partition coefficient (Wildman–Crippen LogP) is 4.24. The molecule has 6 heteroatoms. The zero-order valence-corrected chi connectivity index (χ0v) is 13.7. The summed E-state index contributed by atoms with van der Waals surface area (Å²) >= 11 is 6.49. The molecular formula is C13H10Br2FNOS. The summed E-state index contributed by atoms with van der Waals surface area (Å²) in [7, 11) is -1.38. The van der Waals surface area contributed by atoms with Gasteiger partial charge in [0.25, 0.3) is 0 Å². The first-order valence-corrected chi connectivity index (χ1v) is 8.25. The van der Waals surface area contributed by atoms with Crippen molar-refractivity contribution in [2.45, 2.75) is 10.6 Å². The van der Waals surface area contributed by atoms with E-state index in [0.717, 1.165) is 4.47 Å². The Hall–Kier alpha value is -0.720. The zero-order valence-electron chi connectivity index (χ0n) is 9.70. The van der Waals surface area contributed by atoms with Gasteiger partial charge in [-0.2, -0.15) is 0 Å². The molecule has 0 fully saturated rings. The van der Waals surface area contributed by atoms with E-state index in [0.29, 0.717) is 20.6 Å². The molecule has 0 spiro atoms. The first kappa shape index (κ1) is 14.7. The van der Waals surface area contributed by atoms with E-state index < -0.39 is 10.8 Å². The molecule has 0 aliphatic rings. The number of rotatable bonds is 3. The number of benzene rings is 2. The minimum atomic E-state index is -1.38. The van der Waals surface area contributed by atoms with Crippen LogP contribution in [0.4, 0.5) is 10.1 Å². The van der Waals surface area contributed by atoms with Crippen molar-refractivity contribution in [1.29, 1.82) is 0 Å². The standard InChI is InChI=1S/C13H10Br2FNOS/c14-9-2-1-8(11(16)5-9)7-19(18)13-6-10(15)3-4-12(13)17/h1-6H,7,17H2. The van der Waals surface area contributed by atoms with Gasteiger partial charge >= 0.3 is 0 Å². The lowest BCUT2D eigenvalue weighted by molar-refractivity contribution is 0.614. The molecule has 0 heterocycles. The molecule has 0 aliphatic carbocycles. The van der Waals surface area contributed by atoms with Crippen LogP contribution in [-0.4, -0.2) is 4.21 Å². The summed E-state index contributed by atoms with van der Waals surface area (Å²) < 4.78 is 27.4. The van der Waals surface area contributed by atoms with E-state index in [9.17, 15) is 8.60 Å². The van der Waals surface area contributed by atoms with Crippen LogP contribution >= 0.6 is 31.9 Å². The molecule has 0 bridgehead atoms. The lowest BCUT2D eigenvalue weighted by atomic mass is 10.2. The smallest absolute Gasteiger partial charge is 0.128 e. The summed E-state index contributed by atoms with van der Waals surface area (Å²) in [6, 6.07) is 9.84. The Morgan fingerprint density at radius 3 is 2.42 bits per heavy atom. The van der Waals surface area contributed by atoms with E-state index in [4.69, 9.17) is 5.73 Å². The molecule has 100 valence electrons. The van der Waals surface area contributed by atoms with Crippen LogP contribution in [0.25, 0.3) is 0 Å². The van der Waals surface area contributed by atoms with Crippen molar-refractivity contribution in [1.82, 2.24) is 0 Å². The normalized spacial score (nSPS) is 12.4. The molecule has 2 aromatic rings. The molecule has 2 nitrogen and oxygen atoms in total. The molecule has 1 atom stereocenters. The van der Waals surface area contributed by atoms with Crippen LogP contribution in [0.15, 0.2) is 50.2 Å². The van der Waals surface area contributed by atoms with Crippen molar-refractivity contribution in [2.24, 2.45) is 0 Å². The fourth-order valence-electron chi connectivity index (χ4n) is 1.56. The van der Waals surface area contributed by atoms with Crippen LogP contribution in [-0.2, 0) is 16.6 Å². The van der Waals surface area contributed by atoms with Gasteiger partial charge in [-0.05, 0) is 30.3 Å². The van der Waals surface area contributed by atoms with Crippen molar-refractivity contribution in [3.05, 3.63) is 56.7 Å². The summed E-state index contributed by atoms with van der Waals surface area (Å²) in [5.41, 5.74) is 6.64. The van der Waals surface area contributed by atoms with Crippen molar-refractivity contribution in [3.63, 3.8) is 0 Å². The van der Waals surface area contributed by atoms with E-state index in [2.05, 4.69) is 31.9 Å². The number of hydrogen-bond acceptors (Lipinski definition) is 2. The van der Waals surface area contributed by atoms with Gasteiger partial charge in [-0.3, -0.25) is 4.21 Å². The van der Waals surface area contributed by atoms with Crippen LogP contribution in [0.5, 0.6) is 0 Å². The quantitative estimate of drug-likeness (QED) is 0.774. The van der Waals surface area contributed by atoms with Gasteiger partial charge in [0.05, 0.1) is 21.4 Å².